The van der Waals surface area contributed by atoms with Crippen molar-refractivity contribution in [3.63, 3.8) is 0 Å². The van der Waals surface area contributed by atoms with E-state index in [2.05, 4.69) is 86.1 Å². The zero-order valence-electron chi connectivity index (χ0n) is 51.3. The van der Waals surface area contributed by atoms with Crippen molar-refractivity contribution in [1.29, 1.82) is 0 Å². The molecule has 0 bridgehead atoms. The summed E-state index contributed by atoms with van der Waals surface area (Å²) >= 11 is 21.9. The van der Waals surface area contributed by atoms with E-state index in [0.717, 1.165) is 7.11 Å². The fraction of sp³-hybridized carbons (Fsp3) is 0.280. The van der Waals surface area contributed by atoms with Gasteiger partial charge >= 0.3 is 47.6 Å². The van der Waals surface area contributed by atoms with Gasteiger partial charge in [-0.1, -0.05) is 96.1 Å². The molecule has 8 N–H and O–H groups in total. The molecule has 0 fully saturated rings. The van der Waals surface area contributed by atoms with E-state index in [4.69, 9.17) is 67.7 Å². The third-order valence-electron chi connectivity index (χ3n) is 7.24. The molecule has 0 aliphatic heterocycles. The van der Waals surface area contributed by atoms with Crippen molar-refractivity contribution in [3.05, 3.63) is 134 Å². The number of hydrogen-bond donors (Lipinski definition) is 6. The van der Waals surface area contributed by atoms with Gasteiger partial charge in [0.2, 0.25) is 68.9 Å². The number of halogens is 4. The van der Waals surface area contributed by atoms with Crippen LogP contribution in [0.15, 0.2) is 96.0 Å². The number of nitrogens with two attached hydrogens (primary N) is 2. The van der Waals surface area contributed by atoms with Crippen molar-refractivity contribution in [3.8, 4) is 6.01 Å². The first-order valence-corrected chi connectivity index (χ1v) is 24.4. The molecule has 0 aliphatic carbocycles. The normalized spacial score (nSPS) is 8.18. The Morgan fingerprint density at radius 1 is 0.482 bits per heavy atom. The number of benzene rings is 3. The molecule has 3 radical (unpaired) electrons. The second-order valence-electron chi connectivity index (χ2n) is 13.3. The van der Waals surface area contributed by atoms with E-state index < -0.39 is 12.1 Å². The maximum atomic E-state index is 11.9. The average molecular weight is 1490 g/mol. The Morgan fingerprint density at radius 3 is 1.12 bits per heavy atom. The third kappa shape index (κ3) is 47.6. The van der Waals surface area contributed by atoms with Gasteiger partial charge in [-0.15, -0.1) is 0 Å². The number of rotatable bonds is 9. The average Bonchev–Trinajstić information content (AvgIpc) is 3.41. The maximum absolute atomic E-state index is 11.9. The number of urea groups is 2. The number of carbonyl (C=O) groups excluding carboxylic acids is 3. The number of nitrogen functional groups attached to an aromatic ring is 2. The molecule has 0 saturated heterocycles. The van der Waals surface area contributed by atoms with Crippen molar-refractivity contribution in [1.82, 2.24) is 59.8 Å². The molecule has 0 atom stereocenters. The summed E-state index contributed by atoms with van der Waals surface area (Å²) < 4.78 is 4.98. The molecule has 0 saturated carbocycles. The van der Waals surface area contributed by atoms with Crippen LogP contribution in [0.5, 0.6) is 6.01 Å². The Hall–Kier alpha value is -4.15. The second kappa shape index (κ2) is 61.5. The predicted octanol–water partition coefficient (Wildman–Crippen LogP) is 6.82. The number of aromatic nitrogens is 12. The predicted molar refractivity (Wildman–Crippen MR) is 329 cm³/mol. The maximum Gasteiger partial charge on any atom is 1.00 e. The molecule has 7 aromatic rings. The molecule has 7 rings (SSSR count). The minimum Gasteiger partial charge on any atom is -0.857 e. The largest absolute Gasteiger partial charge is 1.00 e. The molecule has 455 valence electrons. The van der Waals surface area contributed by atoms with Crippen molar-refractivity contribution in [2.24, 2.45) is 4.99 Å². The van der Waals surface area contributed by atoms with Crippen LogP contribution in [0, 0.1) is 22.3 Å². The number of nitrogens with zero attached hydrogens (tertiary/aromatic N) is 16. The number of hydrogen-bond acceptors (Lipinski definition) is 23. The van der Waals surface area contributed by atoms with E-state index >= 15 is 0 Å². The third-order valence-corrected chi connectivity index (χ3v) is 7.91. The molecule has 4 heterocycles. The van der Waals surface area contributed by atoms with Crippen molar-refractivity contribution in [2.45, 2.75) is 41.5 Å². The van der Waals surface area contributed by atoms with Crippen LogP contribution in [0.3, 0.4) is 0 Å². The fourth-order valence-electron chi connectivity index (χ4n) is 4.31. The Balaban J connectivity index is -0.000000119. The zero-order valence-corrected chi connectivity index (χ0v) is 64.8. The van der Waals surface area contributed by atoms with Gasteiger partial charge < -0.3 is 68.9 Å². The van der Waals surface area contributed by atoms with Crippen molar-refractivity contribution < 1.29 is 152 Å². The second-order valence-corrected chi connectivity index (χ2v) is 14.6. The van der Waals surface area contributed by atoms with Gasteiger partial charge in [0.05, 0.1) is 12.8 Å². The number of nitrogens with one attached hydrogen (secondary N) is 4. The summed E-state index contributed by atoms with van der Waals surface area (Å²) in [5.41, 5.74) is 12.4. The van der Waals surface area contributed by atoms with Crippen molar-refractivity contribution >= 4 is 123 Å². The number of amides is 4. The minimum atomic E-state index is -0.455. The number of isocyanates is 1. The monoisotopic (exact) mass is 1490 g/mol. The molecule has 0 spiro atoms. The van der Waals surface area contributed by atoms with Crippen LogP contribution in [0.25, 0.3) is 0 Å². The van der Waals surface area contributed by atoms with Gasteiger partial charge in [0, 0.05) is 152 Å². The molecule has 27 nitrogen and oxygen atoms in total. The topological polar surface area (TPSA) is 360 Å². The summed E-state index contributed by atoms with van der Waals surface area (Å²) in [7, 11) is 12.9. The SMILES string of the molecule is CC.CC.CC.CN(C)c1nc(Cl)nc(NC(=O)Nc2ccccc2)n1.CN(C)c1nc(N)nc(Cl)n1.COc1nc(NC(=O)Nc2ccccc2)nc(N(C)C)n1.C[O-].Nc1nc(Cl)nc(Cl)n1.O=C=Nc1ccccc1.[CH3-].[CH3-].[CH3-].[Na+].[Y].[Y].[Y]. The van der Waals surface area contributed by atoms with Gasteiger partial charge in [-0.25, -0.2) is 14.4 Å². The summed E-state index contributed by atoms with van der Waals surface area (Å²) in [5, 5.41) is 18.8. The summed E-state index contributed by atoms with van der Waals surface area (Å²) in [5.74, 6) is 1.56. The molecule has 35 heteroatoms. The zero-order chi connectivity index (χ0) is 59.6. The number of ether oxygens (including phenoxy) is 1. The van der Waals surface area contributed by atoms with E-state index in [1.54, 1.807) is 93.4 Å². The first kappa shape index (κ1) is 99.9. The van der Waals surface area contributed by atoms with Crippen LogP contribution in [0.1, 0.15) is 41.5 Å². The van der Waals surface area contributed by atoms with E-state index in [1.807, 2.05) is 96.1 Å². The smallest absolute Gasteiger partial charge is 0.857 e. The molecule has 0 unspecified atom stereocenters. The summed E-state index contributed by atoms with van der Waals surface area (Å²) in [6.07, 6.45) is 1.46. The van der Waals surface area contributed by atoms with E-state index in [0.29, 0.717) is 34.9 Å². The number of carbonyl (C=O) groups is 2. The van der Waals surface area contributed by atoms with Gasteiger partial charge in [-0.2, -0.15) is 71.9 Å². The molecule has 4 aromatic heterocycles. The Morgan fingerprint density at radius 2 is 0.788 bits per heavy atom. The molecule has 85 heavy (non-hydrogen) atoms. The number of para-hydroxylation sites is 3. The van der Waals surface area contributed by atoms with Gasteiger partial charge in [0.25, 0.3) is 0 Å². The molecular formula is C50H74Cl4N22NaO5Y3-3. The molecule has 3 aromatic carbocycles. The Labute approximate surface area is 618 Å². The summed E-state index contributed by atoms with van der Waals surface area (Å²) in [4.78, 5) is 87.4. The fourth-order valence-corrected chi connectivity index (χ4v) is 5.00. The van der Waals surface area contributed by atoms with Gasteiger partial charge in [-0.3, -0.25) is 10.6 Å². The van der Waals surface area contributed by atoms with Gasteiger partial charge in [0.1, 0.15) is 0 Å². The molecule has 4 amide bonds. The number of aliphatic imine (C=N–C) groups is 1. The quantitative estimate of drug-likeness (QED) is 0.0374. The van der Waals surface area contributed by atoms with E-state index in [9.17, 15) is 14.4 Å². The number of methoxy groups -OCH3 is 1. The Bertz CT molecular complexity index is 2750. The Kier molecular flexibility index (Phi) is 72.2. The first-order valence-electron chi connectivity index (χ1n) is 22.9. The van der Waals surface area contributed by atoms with Crippen LogP contribution in [-0.2, 0) is 103 Å². The summed E-state index contributed by atoms with van der Waals surface area (Å²) in [6, 6.07) is 26.3. The van der Waals surface area contributed by atoms with Crippen LogP contribution < -0.4 is 86.8 Å². The first-order chi connectivity index (χ1) is 37.3. The van der Waals surface area contributed by atoms with Crippen molar-refractivity contribution in [2.75, 3.05) is 104 Å². The molecular weight excluding hydrogens is 1420 g/mol. The van der Waals surface area contributed by atoms with Gasteiger partial charge in [0.15, 0.2) is 0 Å². The van der Waals surface area contributed by atoms with Crippen LogP contribution in [0.4, 0.5) is 68.3 Å². The van der Waals surface area contributed by atoms with E-state index in [1.165, 1.54) is 13.2 Å². The summed E-state index contributed by atoms with van der Waals surface area (Å²) in [6.45, 7) is 12.0. The van der Waals surface area contributed by atoms with Crippen LogP contribution in [0.2, 0.25) is 21.1 Å². The minimum absolute atomic E-state index is 0. The van der Waals surface area contributed by atoms with Crippen LogP contribution in [-0.4, -0.2) is 134 Å². The van der Waals surface area contributed by atoms with E-state index in [-0.39, 0.29) is 201 Å². The number of anilines is 9. The van der Waals surface area contributed by atoms with Crippen LogP contribution >= 0.6 is 46.4 Å². The van der Waals surface area contributed by atoms with Gasteiger partial charge in [-0.05, 0) is 82.8 Å². The standard InChI is InChI=1S/C13H16N6O2.C12H13ClN6O.C7H5NO.C5H8ClN5.C3H2Cl2N4.3C2H6.CH3O.3CH3.Na.3Y/c1-19(2)11-15-10(17-13(18-11)21-3)16-12(20)14-9-7-5-4-6-8-9;1-19(2)11-16-9(13)15-10(17-11)18-12(20)14-8-6-4-3-5-7-8;9-6-8-7-4-2-1-3-5-7;1-11(2)5-9-3(6)8-4(7)10-5;4-1-7-2(5)9-3(6)8-1;4*1-2;;;;;;;/h4-8H,1-3H3,(H2,14,15,16,17,18,20);3-7H,1-2H3,(H2,14,15,16,17,18,20);1-5H;1-2H3,(H2,7,8,9,10);(H2,6,7,8,9);3*1-2H3;1H3;3*1H3;;;;/q;;;;;;;;4*-1;+1;;;. The molecule has 0 aliphatic rings.